The van der Waals surface area contributed by atoms with Gasteiger partial charge in [-0.2, -0.15) is 13.2 Å². The van der Waals surface area contributed by atoms with Gasteiger partial charge >= 0.3 is 6.18 Å². The number of fused-ring (bicyclic) bond motifs is 1. The van der Waals surface area contributed by atoms with Crippen LogP contribution in [0.1, 0.15) is 84.5 Å². The molecule has 1 aromatic heterocycles. The molecule has 0 bridgehead atoms. The fraction of sp³-hybridized carbons (Fsp3) is 0.471. The van der Waals surface area contributed by atoms with Crippen LogP contribution in [0, 0.1) is 23.7 Å². The second-order valence-electron chi connectivity index (χ2n) is 12.8. The van der Waals surface area contributed by atoms with Gasteiger partial charge in [-0.25, -0.2) is 0 Å². The minimum Gasteiger partial charge on any atom is -0.332 e. The van der Waals surface area contributed by atoms with Gasteiger partial charge < -0.3 is 19.7 Å². The van der Waals surface area contributed by atoms with Crippen molar-refractivity contribution in [2.75, 3.05) is 24.5 Å². The molecular formula is C34H37F3N6O2. The van der Waals surface area contributed by atoms with Crippen LogP contribution in [0.2, 0.25) is 0 Å². The predicted molar refractivity (Wildman–Crippen MR) is 163 cm³/mol. The van der Waals surface area contributed by atoms with Gasteiger partial charge in [-0.15, -0.1) is 10.2 Å². The van der Waals surface area contributed by atoms with E-state index in [1.807, 2.05) is 29.8 Å². The van der Waals surface area contributed by atoms with Crippen molar-refractivity contribution in [2.45, 2.75) is 64.2 Å². The van der Waals surface area contributed by atoms with Crippen molar-refractivity contribution in [3.05, 3.63) is 76.4 Å². The molecule has 236 valence electrons. The van der Waals surface area contributed by atoms with Gasteiger partial charge in [0, 0.05) is 44.0 Å². The van der Waals surface area contributed by atoms with E-state index in [2.05, 4.69) is 34.3 Å². The van der Waals surface area contributed by atoms with Crippen LogP contribution < -0.4 is 10.2 Å². The van der Waals surface area contributed by atoms with E-state index in [0.717, 1.165) is 30.7 Å². The maximum atomic E-state index is 14.4. The fourth-order valence-electron chi connectivity index (χ4n) is 7.34. The SMILES string of the molecule is CC#CC(=O)N1CC[C@@H](CNC(C)c2cc3c(c(C(F)(F)F)c2)CN(c2cccc(C4(c5nncn5C)CC(C)C4)c2)C3=O)C1. The van der Waals surface area contributed by atoms with Crippen LogP contribution in [0.15, 0.2) is 42.7 Å². The van der Waals surface area contributed by atoms with Crippen molar-refractivity contribution in [1.82, 2.24) is 25.0 Å². The van der Waals surface area contributed by atoms with Crippen molar-refractivity contribution in [3.63, 3.8) is 0 Å². The molecule has 1 saturated carbocycles. The van der Waals surface area contributed by atoms with Crippen molar-refractivity contribution >= 4 is 17.5 Å². The number of hydrogen-bond acceptors (Lipinski definition) is 5. The second-order valence-corrected chi connectivity index (χ2v) is 12.8. The number of amides is 2. The molecule has 1 saturated heterocycles. The van der Waals surface area contributed by atoms with Crippen LogP contribution in [0.25, 0.3) is 0 Å². The van der Waals surface area contributed by atoms with E-state index in [0.29, 0.717) is 36.8 Å². The first kappa shape index (κ1) is 30.8. The summed E-state index contributed by atoms with van der Waals surface area (Å²) in [5, 5.41) is 11.8. The van der Waals surface area contributed by atoms with Gasteiger partial charge in [0.25, 0.3) is 11.8 Å². The summed E-state index contributed by atoms with van der Waals surface area (Å²) in [6, 6.07) is 9.89. The topological polar surface area (TPSA) is 83.4 Å². The Kier molecular flexibility index (Phi) is 7.98. The monoisotopic (exact) mass is 618 g/mol. The third-order valence-corrected chi connectivity index (χ3v) is 9.63. The first-order chi connectivity index (χ1) is 21.4. The predicted octanol–water partition coefficient (Wildman–Crippen LogP) is 5.23. The molecular weight excluding hydrogens is 581 g/mol. The van der Waals surface area contributed by atoms with E-state index in [1.165, 1.54) is 11.0 Å². The summed E-state index contributed by atoms with van der Waals surface area (Å²) < 4.78 is 45.3. The van der Waals surface area contributed by atoms with Gasteiger partial charge in [0.1, 0.15) is 12.2 Å². The lowest BCUT2D eigenvalue weighted by Crippen LogP contribution is -2.43. The van der Waals surface area contributed by atoms with Crippen LogP contribution in [-0.4, -0.2) is 51.1 Å². The number of aryl methyl sites for hydroxylation is 1. The zero-order chi connectivity index (χ0) is 32.1. The van der Waals surface area contributed by atoms with Crippen LogP contribution in [0.3, 0.4) is 0 Å². The van der Waals surface area contributed by atoms with Crippen molar-refractivity contribution in [2.24, 2.45) is 18.9 Å². The van der Waals surface area contributed by atoms with Crippen molar-refractivity contribution in [1.29, 1.82) is 0 Å². The first-order valence-corrected chi connectivity index (χ1v) is 15.4. The Morgan fingerprint density at radius 1 is 1.22 bits per heavy atom. The summed E-state index contributed by atoms with van der Waals surface area (Å²) in [5.41, 5.74) is 0.859. The molecule has 0 spiro atoms. The highest BCUT2D eigenvalue weighted by atomic mass is 19.4. The summed E-state index contributed by atoms with van der Waals surface area (Å²) in [7, 11) is 1.91. The summed E-state index contributed by atoms with van der Waals surface area (Å²) in [6.07, 6.45) is -0.430. The number of rotatable bonds is 7. The van der Waals surface area contributed by atoms with E-state index in [1.54, 1.807) is 37.2 Å². The number of likely N-dealkylation sites (tertiary alicyclic amines) is 1. The number of nitrogens with zero attached hydrogens (tertiary/aromatic N) is 5. The molecule has 11 heteroatoms. The average Bonchev–Trinajstić information content (AvgIpc) is 3.72. The number of anilines is 1. The number of carbonyl (C=O) groups is 2. The lowest BCUT2D eigenvalue weighted by Gasteiger charge is -2.46. The first-order valence-electron chi connectivity index (χ1n) is 15.4. The molecule has 1 unspecified atom stereocenters. The van der Waals surface area contributed by atoms with E-state index in [4.69, 9.17) is 0 Å². The van der Waals surface area contributed by atoms with E-state index in [9.17, 15) is 22.8 Å². The van der Waals surface area contributed by atoms with Gasteiger partial charge in [0.15, 0.2) is 0 Å². The zero-order valence-electron chi connectivity index (χ0n) is 25.9. The largest absolute Gasteiger partial charge is 0.416 e. The molecule has 8 nitrogen and oxygen atoms in total. The highest BCUT2D eigenvalue weighted by Gasteiger charge is 2.48. The summed E-state index contributed by atoms with van der Waals surface area (Å²) in [4.78, 5) is 29.1. The highest BCUT2D eigenvalue weighted by molar-refractivity contribution is 6.10. The third-order valence-electron chi connectivity index (χ3n) is 9.63. The molecule has 6 rings (SSSR count). The molecule has 0 radical (unpaired) electrons. The normalized spacial score (nSPS) is 23.4. The average molecular weight is 619 g/mol. The number of halogens is 3. The van der Waals surface area contributed by atoms with E-state index in [-0.39, 0.29) is 34.9 Å². The summed E-state index contributed by atoms with van der Waals surface area (Å²) >= 11 is 0. The second kappa shape index (κ2) is 11.6. The molecule has 1 N–H and O–H groups in total. The maximum absolute atomic E-state index is 14.4. The maximum Gasteiger partial charge on any atom is 0.416 e. The van der Waals surface area contributed by atoms with Crippen LogP contribution in [-0.2, 0) is 30.0 Å². The Morgan fingerprint density at radius 2 is 2.00 bits per heavy atom. The minimum absolute atomic E-state index is 0.00360. The molecule has 3 aliphatic rings. The molecule has 3 heterocycles. The Hall–Kier alpha value is -4.17. The lowest BCUT2D eigenvalue weighted by atomic mass is 9.58. The van der Waals surface area contributed by atoms with Crippen molar-refractivity contribution in [3.8, 4) is 11.8 Å². The fourth-order valence-corrected chi connectivity index (χ4v) is 7.34. The smallest absolute Gasteiger partial charge is 0.332 e. The number of hydrogen-bond donors (Lipinski definition) is 1. The number of nitrogens with one attached hydrogen (secondary N) is 1. The number of alkyl halides is 3. The van der Waals surface area contributed by atoms with Gasteiger partial charge in [0.05, 0.1) is 17.5 Å². The molecule has 2 atom stereocenters. The quantitative estimate of drug-likeness (QED) is 0.367. The molecule has 2 aromatic carbocycles. The highest BCUT2D eigenvalue weighted by Crippen LogP contribution is 2.52. The van der Waals surface area contributed by atoms with Crippen LogP contribution >= 0.6 is 0 Å². The molecule has 1 aliphatic carbocycles. The Morgan fingerprint density at radius 3 is 2.67 bits per heavy atom. The molecule has 45 heavy (non-hydrogen) atoms. The lowest BCUT2D eigenvalue weighted by molar-refractivity contribution is -0.138. The number of aromatic nitrogens is 3. The molecule has 2 aliphatic heterocycles. The number of benzene rings is 2. The Balaban J connectivity index is 1.25. The Labute approximate surface area is 261 Å². The summed E-state index contributed by atoms with van der Waals surface area (Å²) in [5.74, 6) is 6.02. The molecule has 3 aromatic rings. The van der Waals surface area contributed by atoms with E-state index >= 15 is 0 Å². The molecule has 2 amide bonds. The third kappa shape index (κ3) is 5.61. The minimum atomic E-state index is -4.62. The van der Waals surface area contributed by atoms with Gasteiger partial charge in [-0.1, -0.05) is 25.0 Å². The Bertz CT molecular complexity index is 1700. The zero-order valence-corrected chi connectivity index (χ0v) is 25.9. The van der Waals surface area contributed by atoms with Gasteiger partial charge in [-0.3, -0.25) is 9.59 Å². The van der Waals surface area contributed by atoms with Gasteiger partial charge in [-0.05, 0) is 91.8 Å². The van der Waals surface area contributed by atoms with Crippen LogP contribution in [0.4, 0.5) is 18.9 Å². The van der Waals surface area contributed by atoms with E-state index < -0.39 is 23.7 Å². The van der Waals surface area contributed by atoms with Gasteiger partial charge in [0.2, 0.25) is 0 Å². The van der Waals surface area contributed by atoms with Crippen LogP contribution in [0.5, 0.6) is 0 Å². The summed E-state index contributed by atoms with van der Waals surface area (Å²) in [6.45, 7) is 7.13. The van der Waals surface area contributed by atoms with Crippen molar-refractivity contribution < 1.29 is 22.8 Å². The molecule has 2 fully saturated rings. The number of carbonyl (C=O) groups excluding carboxylic acids is 2. The standard InChI is InChI=1S/C34H37F3N6O2/c1-5-7-30(44)42-11-10-23(18-42)17-38-22(3)24-12-27-28(29(13-24)34(35,36)37)19-43(31(27)45)26-9-6-8-25(14-26)33(15-21(2)16-33)32-40-39-20-41(32)4/h6,8-9,12-14,20-23,38H,10-11,15-19H2,1-4H3/t21?,22?,23-,33?/m0/s1.